The molecular weight excluding hydrogens is 190 g/mol. The molecule has 15 heavy (non-hydrogen) atoms. The Morgan fingerprint density at radius 2 is 2.00 bits per heavy atom. The summed E-state index contributed by atoms with van der Waals surface area (Å²) in [7, 11) is 0. The zero-order valence-corrected chi connectivity index (χ0v) is 10.1. The molecule has 1 heterocycles. The highest BCUT2D eigenvalue weighted by Crippen LogP contribution is 2.24. The third-order valence-corrected chi connectivity index (χ3v) is 2.56. The Balaban J connectivity index is 2.43. The van der Waals surface area contributed by atoms with Crippen molar-refractivity contribution in [2.24, 2.45) is 4.99 Å². The van der Waals surface area contributed by atoms with Gasteiger partial charge in [0, 0.05) is 19.7 Å². The van der Waals surface area contributed by atoms with Gasteiger partial charge in [-0.25, -0.2) is 0 Å². The summed E-state index contributed by atoms with van der Waals surface area (Å²) in [6.45, 7) is 9.68. The van der Waals surface area contributed by atoms with Crippen molar-refractivity contribution >= 4 is 5.96 Å². The number of hydrogen-bond acceptors (Lipinski definition) is 2. The van der Waals surface area contributed by atoms with Crippen molar-refractivity contribution in [2.45, 2.75) is 39.2 Å². The predicted molar refractivity (Wildman–Crippen MR) is 63.2 cm³/mol. The van der Waals surface area contributed by atoms with Gasteiger partial charge in [0.1, 0.15) is 0 Å². The fourth-order valence-corrected chi connectivity index (χ4v) is 1.72. The Kier molecular flexibility index (Phi) is 4.88. The Morgan fingerprint density at radius 1 is 1.33 bits per heavy atom. The van der Waals surface area contributed by atoms with Crippen molar-refractivity contribution in [2.75, 3.05) is 26.2 Å². The van der Waals surface area contributed by atoms with E-state index < -0.39 is 0 Å². The smallest absolute Gasteiger partial charge is 0.191 e. The fraction of sp³-hybridized carbons (Fsp3) is 0.909. The largest absolute Gasteiger partial charge is 0.373 e. The number of nitrogens with zero attached hydrogens (tertiary/aromatic N) is 1. The summed E-state index contributed by atoms with van der Waals surface area (Å²) in [4.78, 5) is 4.53. The van der Waals surface area contributed by atoms with Gasteiger partial charge < -0.3 is 15.4 Å². The molecule has 1 saturated heterocycles. The molecule has 1 aliphatic rings. The minimum atomic E-state index is -0.0455. The van der Waals surface area contributed by atoms with E-state index >= 15 is 0 Å². The third kappa shape index (κ3) is 4.08. The molecule has 1 fully saturated rings. The maximum atomic E-state index is 5.68. The van der Waals surface area contributed by atoms with Crippen LogP contribution in [0.5, 0.6) is 0 Å². The van der Waals surface area contributed by atoms with Gasteiger partial charge in [-0.1, -0.05) is 0 Å². The van der Waals surface area contributed by atoms with Crippen LogP contribution in [-0.2, 0) is 4.74 Å². The topological polar surface area (TPSA) is 45.7 Å². The first-order valence-corrected chi connectivity index (χ1v) is 5.86. The van der Waals surface area contributed by atoms with E-state index in [0.717, 1.165) is 45.0 Å². The summed E-state index contributed by atoms with van der Waals surface area (Å²) >= 11 is 0. The van der Waals surface area contributed by atoms with Gasteiger partial charge in [0.2, 0.25) is 0 Å². The van der Waals surface area contributed by atoms with Gasteiger partial charge in [0.05, 0.1) is 12.1 Å². The normalized spacial score (nSPS) is 25.0. The molecule has 0 radical (unpaired) electrons. The van der Waals surface area contributed by atoms with E-state index in [-0.39, 0.29) is 5.60 Å². The molecule has 0 aliphatic carbocycles. The fourth-order valence-electron chi connectivity index (χ4n) is 1.72. The molecule has 1 unspecified atom stereocenters. The van der Waals surface area contributed by atoms with Crippen molar-refractivity contribution in [3.63, 3.8) is 0 Å². The molecule has 2 N–H and O–H groups in total. The molecule has 4 heteroatoms. The lowest BCUT2D eigenvalue weighted by molar-refractivity contribution is 0.0283. The Bertz CT molecular complexity index is 202. The maximum absolute atomic E-state index is 5.68. The summed E-state index contributed by atoms with van der Waals surface area (Å²) in [5, 5.41) is 6.42. The van der Waals surface area contributed by atoms with E-state index in [1.54, 1.807) is 0 Å². The van der Waals surface area contributed by atoms with E-state index in [0.29, 0.717) is 0 Å². The first kappa shape index (κ1) is 12.3. The van der Waals surface area contributed by atoms with Crippen molar-refractivity contribution < 1.29 is 4.74 Å². The lowest BCUT2D eigenvalue weighted by Gasteiger charge is -2.21. The van der Waals surface area contributed by atoms with Gasteiger partial charge in [-0.3, -0.25) is 4.99 Å². The number of hydrogen-bond donors (Lipinski definition) is 2. The minimum Gasteiger partial charge on any atom is -0.373 e. The zero-order chi connectivity index (χ0) is 11.1. The van der Waals surface area contributed by atoms with Crippen molar-refractivity contribution in [3.8, 4) is 0 Å². The summed E-state index contributed by atoms with van der Waals surface area (Å²) < 4.78 is 5.68. The molecule has 1 aliphatic heterocycles. The van der Waals surface area contributed by atoms with Crippen LogP contribution < -0.4 is 10.6 Å². The molecule has 0 bridgehead atoms. The van der Waals surface area contributed by atoms with Gasteiger partial charge in [-0.15, -0.1) is 0 Å². The van der Waals surface area contributed by atoms with Crippen LogP contribution in [0, 0.1) is 0 Å². The second-order valence-corrected chi connectivity index (χ2v) is 4.13. The summed E-state index contributed by atoms with van der Waals surface area (Å²) in [5.74, 6) is 0.886. The number of ether oxygens (including phenoxy) is 1. The van der Waals surface area contributed by atoms with Crippen LogP contribution in [0.2, 0.25) is 0 Å². The van der Waals surface area contributed by atoms with E-state index in [9.17, 15) is 0 Å². The Morgan fingerprint density at radius 3 is 2.47 bits per heavy atom. The van der Waals surface area contributed by atoms with Gasteiger partial charge in [0.25, 0.3) is 0 Å². The Labute approximate surface area is 92.5 Å². The number of guanidine groups is 1. The van der Waals surface area contributed by atoms with Gasteiger partial charge >= 0.3 is 0 Å². The molecule has 0 spiro atoms. The van der Waals surface area contributed by atoms with Crippen LogP contribution in [0.25, 0.3) is 0 Å². The highest BCUT2D eigenvalue weighted by Gasteiger charge is 2.29. The van der Waals surface area contributed by atoms with Crippen LogP contribution in [0.4, 0.5) is 0 Å². The molecule has 0 aromatic heterocycles. The zero-order valence-electron chi connectivity index (χ0n) is 10.1. The van der Waals surface area contributed by atoms with E-state index in [1.807, 2.05) is 0 Å². The molecule has 1 atom stereocenters. The van der Waals surface area contributed by atoms with E-state index in [4.69, 9.17) is 4.74 Å². The highest BCUT2D eigenvalue weighted by molar-refractivity contribution is 5.79. The van der Waals surface area contributed by atoms with E-state index in [2.05, 4.69) is 36.4 Å². The maximum Gasteiger partial charge on any atom is 0.191 e. The molecule has 0 aromatic carbocycles. The molecule has 88 valence electrons. The van der Waals surface area contributed by atoms with Gasteiger partial charge in [-0.2, -0.15) is 0 Å². The van der Waals surface area contributed by atoms with Crippen LogP contribution in [-0.4, -0.2) is 37.8 Å². The molecule has 1 rings (SSSR count). The van der Waals surface area contributed by atoms with Crippen LogP contribution in [0.3, 0.4) is 0 Å². The van der Waals surface area contributed by atoms with Crippen molar-refractivity contribution in [1.82, 2.24) is 10.6 Å². The lowest BCUT2D eigenvalue weighted by Crippen LogP contribution is -2.39. The van der Waals surface area contributed by atoms with Gasteiger partial charge in [-0.05, 0) is 33.6 Å². The number of rotatable bonds is 4. The van der Waals surface area contributed by atoms with Crippen molar-refractivity contribution in [3.05, 3.63) is 0 Å². The average molecular weight is 213 g/mol. The second kappa shape index (κ2) is 5.95. The summed E-state index contributed by atoms with van der Waals surface area (Å²) in [6, 6.07) is 0. The number of aliphatic imine (C=N–C) groups is 1. The molecule has 0 amide bonds. The standard InChI is InChI=1S/C11H23N3O/c1-4-12-10(13-5-2)14-9-11(3)7-6-8-15-11/h4-9H2,1-3H3,(H2,12,13,14). The molecule has 4 nitrogen and oxygen atoms in total. The minimum absolute atomic E-state index is 0.0455. The third-order valence-electron chi connectivity index (χ3n) is 2.56. The van der Waals surface area contributed by atoms with Crippen LogP contribution in [0.15, 0.2) is 4.99 Å². The summed E-state index contributed by atoms with van der Waals surface area (Å²) in [5.41, 5.74) is -0.0455. The van der Waals surface area contributed by atoms with Crippen LogP contribution >= 0.6 is 0 Å². The quantitative estimate of drug-likeness (QED) is 0.543. The first-order valence-electron chi connectivity index (χ1n) is 5.86. The van der Waals surface area contributed by atoms with Crippen LogP contribution in [0.1, 0.15) is 33.6 Å². The highest BCUT2D eigenvalue weighted by atomic mass is 16.5. The predicted octanol–water partition coefficient (Wildman–Crippen LogP) is 1.13. The summed E-state index contributed by atoms with van der Waals surface area (Å²) in [6.07, 6.45) is 2.27. The Hall–Kier alpha value is -0.770. The van der Waals surface area contributed by atoms with Gasteiger partial charge in [0.15, 0.2) is 5.96 Å². The molecule has 0 aromatic rings. The average Bonchev–Trinajstić information content (AvgIpc) is 2.63. The van der Waals surface area contributed by atoms with E-state index in [1.165, 1.54) is 0 Å². The molecule has 0 saturated carbocycles. The van der Waals surface area contributed by atoms with Crippen molar-refractivity contribution in [1.29, 1.82) is 0 Å². The SMILES string of the molecule is CCNC(=NCC1(C)CCCO1)NCC. The monoisotopic (exact) mass is 213 g/mol. The number of nitrogens with one attached hydrogen (secondary N) is 2. The first-order chi connectivity index (χ1) is 7.20. The molecular formula is C11H23N3O. The lowest BCUT2D eigenvalue weighted by atomic mass is 10.0. The second-order valence-electron chi connectivity index (χ2n) is 4.13.